The summed E-state index contributed by atoms with van der Waals surface area (Å²) in [5.74, 6) is 0.630. The highest BCUT2D eigenvalue weighted by Crippen LogP contribution is 2.35. The quantitative estimate of drug-likeness (QED) is 0.841. The van der Waals surface area contributed by atoms with Crippen molar-refractivity contribution in [1.29, 1.82) is 0 Å². The van der Waals surface area contributed by atoms with E-state index in [-0.39, 0.29) is 11.1 Å². The Labute approximate surface area is 124 Å². The molecule has 20 heavy (non-hydrogen) atoms. The molecule has 1 saturated heterocycles. The molecule has 0 amide bonds. The predicted molar refractivity (Wildman–Crippen MR) is 83.8 cm³/mol. The first-order valence-electron chi connectivity index (χ1n) is 7.99. The minimum absolute atomic E-state index is 0.0512. The standard InChI is InChI=1S/C15H30N2O2S/c1-4-10-20(18,19)11-9-17-13-15(7-5-6-8-15)16-12-14(17,2)3/h16H,4-13H2,1-3H3. The van der Waals surface area contributed by atoms with Crippen LogP contribution in [-0.4, -0.2) is 55.5 Å². The zero-order chi connectivity index (χ0) is 14.9. The van der Waals surface area contributed by atoms with Gasteiger partial charge < -0.3 is 5.32 Å². The van der Waals surface area contributed by atoms with Crippen molar-refractivity contribution in [2.75, 3.05) is 31.1 Å². The maximum Gasteiger partial charge on any atom is 0.151 e. The fourth-order valence-corrected chi connectivity index (χ4v) is 4.91. The molecule has 0 atom stereocenters. The molecule has 1 heterocycles. The van der Waals surface area contributed by atoms with Gasteiger partial charge in [0.1, 0.15) is 0 Å². The van der Waals surface area contributed by atoms with Gasteiger partial charge in [0.25, 0.3) is 0 Å². The van der Waals surface area contributed by atoms with E-state index in [1.165, 1.54) is 25.7 Å². The van der Waals surface area contributed by atoms with Crippen molar-refractivity contribution in [1.82, 2.24) is 10.2 Å². The average molecular weight is 302 g/mol. The SMILES string of the molecule is CCCS(=O)(=O)CCN1CC2(CCCC2)NCC1(C)C. The molecule has 1 N–H and O–H groups in total. The highest BCUT2D eigenvalue weighted by atomic mass is 32.2. The first kappa shape index (κ1) is 16.2. The van der Waals surface area contributed by atoms with Crippen LogP contribution in [0.2, 0.25) is 0 Å². The lowest BCUT2D eigenvalue weighted by atomic mass is 9.87. The molecule has 2 fully saturated rings. The van der Waals surface area contributed by atoms with Gasteiger partial charge in [-0.1, -0.05) is 19.8 Å². The molecule has 1 saturated carbocycles. The largest absolute Gasteiger partial charge is 0.308 e. The summed E-state index contributed by atoms with van der Waals surface area (Å²) >= 11 is 0. The summed E-state index contributed by atoms with van der Waals surface area (Å²) in [7, 11) is -2.88. The van der Waals surface area contributed by atoms with E-state index in [1.807, 2.05) is 6.92 Å². The fourth-order valence-electron chi connectivity index (χ4n) is 3.58. The van der Waals surface area contributed by atoms with Crippen molar-refractivity contribution >= 4 is 9.84 Å². The molecule has 1 aliphatic carbocycles. The average Bonchev–Trinajstić information content (AvgIpc) is 2.80. The Hall–Kier alpha value is -0.130. The van der Waals surface area contributed by atoms with Crippen LogP contribution < -0.4 is 5.32 Å². The summed E-state index contributed by atoms with van der Waals surface area (Å²) < 4.78 is 23.9. The summed E-state index contributed by atoms with van der Waals surface area (Å²) in [4.78, 5) is 2.40. The molecule has 118 valence electrons. The van der Waals surface area contributed by atoms with E-state index in [9.17, 15) is 8.42 Å². The van der Waals surface area contributed by atoms with Crippen molar-refractivity contribution in [3.05, 3.63) is 0 Å². The minimum atomic E-state index is -2.88. The Morgan fingerprint density at radius 3 is 2.40 bits per heavy atom. The molecule has 4 nitrogen and oxygen atoms in total. The summed E-state index contributed by atoms with van der Waals surface area (Å²) in [5, 5.41) is 3.75. The highest BCUT2D eigenvalue weighted by Gasteiger charge is 2.44. The third kappa shape index (κ3) is 3.74. The van der Waals surface area contributed by atoms with Gasteiger partial charge in [-0.15, -0.1) is 0 Å². The summed E-state index contributed by atoms with van der Waals surface area (Å²) in [6.45, 7) is 9.00. The Kier molecular flexibility index (Phi) is 4.82. The lowest BCUT2D eigenvalue weighted by Gasteiger charge is -2.51. The maximum atomic E-state index is 12.0. The molecular formula is C15H30N2O2S. The smallest absolute Gasteiger partial charge is 0.151 e. The topological polar surface area (TPSA) is 49.4 Å². The van der Waals surface area contributed by atoms with Gasteiger partial charge in [-0.2, -0.15) is 0 Å². The van der Waals surface area contributed by atoms with Crippen LogP contribution in [0.4, 0.5) is 0 Å². The van der Waals surface area contributed by atoms with Gasteiger partial charge in [-0.25, -0.2) is 8.42 Å². The fraction of sp³-hybridized carbons (Fsp3) is 1.00. The van der Waals surface area contributed by atoms with Crippen LogP contribution in [0.25, 0.3) is 0 Å². The molecule has 2 aliphatic rings. The van der Waals surface area contributed by atoms with Gasteiger partial charge in [-0.05, 0) is 33.1 Å². The molecule has 5 heteroatoms. The molecule has 0 aromatic carbocycles. The number of nitrogens with one attached hydrogen (secondary N) is 1. The van der Waals surface area contributed by atoms with E-state index >= 15 is 0 Å². The van der Waals surface area contributed by atoms with Crippen molar-refractivity contribution < 1.29 is 8.42 Å². The monoisotopic (exact) mass is 302 g/mol. The normalized spacial score (nSPS) is 26.1. The molecule has 1 aliphatic heterocycles. The molecule has 0 aromatic rings. The number of hydrogen-bond donors (Lipinski definition) is 1. The van der Waals surface area contributed by atoms with Crippen LogP contribution in [0.1, 0.15) is 52.9 Å². The van der Waals surface area contributed by atoms with Gasteiger partial charge in [-0.3, -0.25) is 4.90 Å². The number of hydrogen-bond acceptors (Lipinski definition) is 4. The van der Waals surface area contributed by atoms with E-state index in [4.69, 9.17) is 0 Å². The summed E-state index contributed by atoms with van der Waals surface area (Å²) in [6, 6.07) is 0. The van der Waals surface area contributed by atoms with E-state index in [0.29, 0.717) is 18.1 Å². The second kappa shape index (κ2) is 5.93. The summed E-state index contributed by atoms with van der Waals surface area (Å²) in [6.07, 6.45) is 5.80. The molecular weight excluding hydrogens is 272 g/mol. The third-order valence-corrected chi connectivity index (χ3v) is 6.83. The van der Waals surface area contributed by atoms with Gasteiger partial charge in [0, 0.05) is 36.5 Å². The van der Waals surface area contributed by atoms with E-state index in [1.54, 1.807) is 0 Å². The van der Waals surface area contributed by atoms with E-state index in [2.05, 4.69) is 24.1 Å². The van der Waals surface area contributed by atoms with E-state index < -0.39 is 9.84 Å². The highest BCUT2D eigenvalue weighted by molar-refractivity contribution is 7.91. The van der Waals surface area contributed by atoms with Crippen LogP contribution >= 0.6 is 0 Å². The molecule has 0 unspecified atom stereocenters. The summed E-state index contributed by atoms with van der Waals surface area (Å²) in [5.41, 5.74) is 0.305. The Morgan fingerprint density at radius 2 is 1.80 bits per heavy atom. The second-order valence-electron chi connectivity index (χ2n) is 7.23. The molecule has 0 radical (unpaired) electrons. The van der Waals surface area contributed by atoms with Crippen molar-refractivity contribution in [2.45, 2.75) is 64.0 Å². The van der Waals surface area contributed by atoms with Crippen LogP contribution in [0.5, 0.6) is 0 Å². The zero-order valence-electron chi connectivity index (χ0n) is 13.2. The number of rotatable bonds is 5. The predicted octanol–water partition coefficient (Wildman–Crippen LogP) is 1.81. The number of sulfone groups is 1. The molecule has 0 bridgehead atoms. The van der Waals surface area contributed by atoms with Crippen molar-refractivity contribution in [3.8, 4) is 0 Å². The molecule has 2 rings (SSSR count). The number of nitrogens with zero attached hydrogens (tertiary/aromatic N) is 1. The first-order valence-corrected chi connectivity index (χ1v) is 9.81. The van der Waals surface area contributed by atoms with Gasteiger partial charge >= 0.3 is 0 Å². The van der Waals surface area contributed by atoms with Crippen molar-refractivity contribution in [3.63, 3.8) is 0 Å². The van der Waals surface area contributed by atoms with Crippen LogP contribution in [0, 0.1) is 0 Å². The Balaban J connectivity index is 1.99. The van der Waals surface area contributed by atoms with Gasteiger partial charge in [0.15, 0.2) is 9.84 Å². The maximum absolute atomic E-state index is 12.0. The van der Waals surface area contributed by atoms with Crippen LogP contribution in [-0.2, 0) is 9.84 Å². The minimum Gasteiger partial charge on any atom is -0.308 e. The lowest BCUT2D eigenvalue weighted by Crippen LogP contribution is -2.67. The van der Waals surface area contributed by atoms with Gasteiger partial charge in [0.2, 0.25) is 0 Å². The number of piperazine rings is 1. The second-order valence-corrected chi connectivity index (χ2v) is 9.53. The first-order chi connectivity index (χ1) is 9.29. The van der Waals surface area contributed by atoms with Crippen LogP contribution in [0.3, 0.4) is 0 Å². The Morgan fingerprint density at radius 1 is 1.15 bits per heavy atom. The van der Waals surface area contributed by atoms with E-state index in [0.717, 1.165) is 19.5 Å². The lowest BCUT2D eigenvalue weighted by molar-refractivity contribution is 0.0336. The Bertz CT molecular complexity index is 425. The molecule has 1 spiro atoms. The zero-order valence-corrected chi connectivity index (χ0v) is 14.1. The van der Waals surface area contributed by atoms with Crippen LogP contribution in [0.15, 0.2) is 0 Å². The molecule has 0 aromatic heterocycles. The van der Waals surface area contributed by atoms with Gasteiger partial charge in [0.05, 0.1) is 5.75 Å². The van der Waals surface area contributed by atoms with Crippen molar-refractivity contribution in [2.24, 2.45) is 0 Å². The third-order valence-electron chi connectivity index (χ3n) is 4.99.